The highest BCUT2D eigenvalue weighted by atomic mass is 16.6. The van der Waals surface area contributed by atoms with Gasteiger partial charge in [-0.15, -0.1) is 0 Å². The molecular formula is C68H114O6. The van der Waals surface area contributed by atoms with Crippen LogP contribution in [0.5, 0.6) is 0 Å². The van der Waals surface area contributed by atoms with Crippen LogP contribution in [0.25, 0.3) is 0 Å². The molecule has 0 N–H and O–H groups in total. The lowest BCUT2D eigenvalue weighted by atomic mass is 10.1. The van der Waals surface area contributed by atoms with Crippen LogP contribution in [0.3, 0.4) is 0 Å². The maximum atomic E-state index is 12.9. The van der Waals surface area contributed by atoms with Crippen LogP contribution < -0.4 is 0 Å². The number of unbranched alkanes of at least 4 members (excludes halogenated alkanes) is 26. The molecule has 6 heteroatoms. The molecule has 0 fully saturated rings. The third-order valence-electron chi connectivity index (χ3n) is 13.0. The van der Waals surface area contributed by atoms with E-state index in [-0.39, 0.29) is 31.1 Å². The molecule has 0 radical (unpaired) electrons. The first kappa shape index (κ1) is 70.1. The van der Waals surface area contributed by atoms with E-state index in [9.17, 15) is 14.4 Å². The van der Waals surface area contributed by atoms with Crippen LogP contribution in [-0.2, 0) is 28.6 Å². The highest BCUT2D eigenvalue weighted by molar-refractivity contribution is 5.71. The van der Waals surface area contributed by atoms with Crippen molar-refractivity contribution in [1.82, 2.24) is 0 Å². The lowest BCUT2D eigenvalue weighted by Gasteiger charge is -2.18. The average molecular weight is 1030 g/mol. The number of allylic oxidation sites excluding steroid dienone is 18. The number of carbonyl (C=O) groups is 3. The second kappa shape index (κ2) is 61.6. The van der Waals surface area contributed by atoms with Crippen LogP contribution in [0.1, 0.15) is 284 Å². The van der Waals surface area contributed by atoms with Gasteiger partial charge in [0.2, 0.25) is 0 Å². The summed E-state index contributed by atoms with van der Waals surface area (Å²) in [6.07, 6.45) is 83.7. The first-order valence-electron chi connectivity index (χ1n) is 30.9. The van der Waals surface area contributed by atoms with Crippen LogP contribution in [0.15, 0.2) is 109 Å². The molecule has 0 bridgehead atoms. The minimum absolute atomic E-state index is 0.0908. The zero-order chi connectivity index (χ0) is 53.6. The second-order valence-electron chi connectivity index (χ2n) is 20.2. The van der Waals surface area contributed by atoms with E-state index in [0.717, 1.165) is 128 Å². The Kier molecular flexibility index (Phi) is 58.3. The van der Waals surface area contributed by atoms with Crippen LogP contribution in [-0.4, -0.2) is 37.2 Å². The Bertz CT molecular complexity index is 1510. The van der Waals surface area contributed by atoms with Crippen molar-refractivity contribution in [2.24, 2.45) is 0 Å². The van der Waals surface area contributed by atoms with Gasteiger partial charge in [-0.05, 0) is 128 Å². The summed E-state index contributed by atoms with van der Waals surface area (Å²) in [5, 5.41) is 0. The first-order valence-corrected chi connectivity index (χ1v) is 30.9. The van der Waals surface area contributed by atoms with Gasteiger partial charge in [0.25, 0.3) is 0 Å². The number of ether oxygens (including phenoxy) is 3. The lowest BCUT2D eigenvalue weighted by molar-refractivity contribution is -0.167. The van der Waals surface area contributed by atoms with Gasteiger partial charge in [0.1, 0.15) is 13.2 Å². The summed E-state index contributed by atoms with van der Waals surface area (Å²) in [5.74, 6) is -0.919. The number of hydrogen-bond donors (Lipinski definition) is 0. The maximum Gasteiger partial charge on any atom is 0.306 e. The number of carbonyl (C=O) groups excluding carboxylic acids is 3. The topological polar surface area (TPSA) is 78.9 Å². The minimum atomic E-state index is -0.794. The molecule has 0 heterocycles. The Morgan fingerprint density at radius 2 is 0.527 bits per heavy atom. The van der Waals surface area contributed by atoms with E-state index in [1.54, 1.807) is 0 Å². The molecule has 6 nitrogen and oxygen atoms in total. The Labute approximate surface area is 457 Å². The van der Waals surface area contributed by atoms with Gasteiger partial charge in [-0.3, -0.25) is 14.4 Å². The van der Waals surface area contributed by atoms with Crippen molar-refractivity contribution in [2.75, 3.05) is 13.2 Å². The first-order chi connectivity index (χ1) is 36.5. The second-order valence-corrected chi connectivity index (χ2v) is 20.2. The zero-order valence-corrected chi connectivity index (χ0v) is 48.3. The van der Waals surface area contributed by atoms with Crippen LogP contribution in [0.2, 0.25) is 0 Å². The van der Waals surface area contributed by atoms with E-state index in [2.05, 4.69) is 130 Å². The van der Waals surface area contributed by atoms with E-state index in [1.807, 2.05) is 0 Å². The van der Waals surface area contributed by atoms with Crippen molar-refractivity contribution in [1.29, 1.82) is 0 Å². The van der Waals surface area contributed by atoms with Crippen molar-refractivity contribution in [3.05, 3.63) is 109 Å². The summed E-state index contributed by atoms with van der Waals surface area (Å²) in [5.41, 5.74) is 0. The number of rotatable bonds is 55. The highest BCUT2D eigenvalue weighted by Crippen LogP contribution is 2.15. The van der Waals surface area contributed by atoms with Crippen molar-refractivity contribution in [3.63, 3.8) is 0 Å². The maximum absolute atomic E-state index is 12.9. The van der Waals surface area contributed by atoms with Crippen molar-refractivity contribution in [3.8, 4) is 0 Å². The minimum Gasteiger partial charge on any atom is -0.462 e. The molecule has 0 rings (SSSR count). The Hall–Kier alpha value is -3.93. The SMILES string of the molecule is CC/C=C\C/C=C\C/C=C\C/C=C\C/C=C\C/C=C\C/C=C\CCCCCCCC(=O)OCC(COC(=O)CCCCCCC/C=C\CCCCC)OC(=O)CCCCCCCCC/C=C\CCCCCCCC. The fourth-order valence-electron chi connectivity index (χ4n) is 8.35. The Morgan fingerprint density at radius 1 is 0.284 bits per heavy atom. The number of hydrogen-bond acceptors (Lipinski definition) is 6. The Morgan fingerprint density at radius 3 is 0.865 bits per heavy atom. The molecule has 0 amide bonds. The van der Waals surface area contributed by atoms with E-state index >= 15 is 0 Å². The molecule has 0 aromatic rings. The molecule has 0 aliphatic carbocycles. The van der Waals surface area contributed by atoms with Gasteiger partial charge >= 0.3 is 17.9 Å². The van der Waals surface area contributed by atoms with Crippen molar-refractivity contribution >= 4 is 17.9 Å². The molecule has 0 spiro atoms. The summed E-state index contributed by atoms with van der Waals surface area (Å²) in [7, 11) is 0. The summed E-state index contributed by atoms with van der Waals surface area (Å²) >= 11 is 0. The normalized spacial score (nSPS) is 12.9. The van der Waals surface area contributed by atoms with Gasteiger partial charge in [0.15, 0.2) is 6.10 Å². The third kappa shape index (κ3) is 59.0. The van der Waals surface area contributed by atoms with E-state index < -0.39 is 6.10 Å². The molecule has 0 aromatic heterocycles. The average Bonchev–Trinajstić information content (AvgIpc) is 3.40. The molecule has 0 saturated carbocycles. The monoisotopic (exact) mass is 1030 g/mol. The van der Waals surface area contributed by atoms with Gasteiger partial charge in [-0.1, -0.05) is 246 Å². The lowest BCUT2D eigenvalue weighted by Crippen LogP contribution is -2.30. The molecular weight excluding hydrogens is 913 g/mol. The molecule has 0 aliphatic rings. The van der Waals surface area contributed by atoms with Gasteiger partial charge in [0.05, 0.1) is 0 Å². The molecule has 0 aromatic carbocycles. The predicted molar refractivity (Wildman–Crippen MR) is 320 cm³/mol. The van der Waals surface area contributed by atoms with Crippen molar-refractivity contribution < 1.29 is 28.6 Å². The fraction of sp³-hybridized carbons (Fsp3) is 0.691. The molecule has 0 saturated heterocycles. The predicted octanol–water partition coefficient (Wildman–Crippen LogP) is 21.0. The standard InChI is InChI=1S/C68H114O6/c1-4-7-10-13-16-19-22-25-27-29-30-31-32-33-34-35-36-37-38-40-41-43-46-49-52-55-58-61-67(70)73-64-65(63-72-66(69)60-57-54-51-48-45-24-21-18-15-12-9-6-3)74-68(71)62-59-56-53-50-47-44-42-39-28-26-23-20-17-14-11-8-5-2/h7,10,16,18-19,21,25-28,30-31,33-34,36-37,40-41,65H,4-6,8-9,11-15,17,20,22-24,29,32,35,38-39,42-64H2,1-3H3/b10-7-,19-16-,21-18-,27-25-,28-26-,31-30-,34-33-,37-36-,41-40-. The van der Waals surface area contributed by atoms with Crippen LogP contribution >= 0.6 is 0 Å². The van der Waals surface area contributed by atoms with Crippen molar-refractivity contribution in [2.45, 2.75) is 290 Å². The fourth-order valence-corrected chi connectivity index (χ4v) is 8.35. The van der Waals surface area contributed by atoms with Gasteiger partial charge in [-0.2, -0.15) is 0 Å². The summed E-state index contributed by atoms with van der Waals surface area (Å²) in [6.45, 7) is 6.48. The summed E-state index contributed by atoms with van der Waals surface area (Å²) < 4.78 is 16.9. The smallest absolute Gasteiger partial charge is 0.306 e. The van der Waals surface area contributed by atoms with Gasteiger partial charge in [-0.25, -0.2) is 0 Å². The highest BCUT2D eigenvalue weighted by Gasteiger charge is 2.19. The zero-order valence-electron chi connectivity index (χ0n) is 48.3. The van der Waals surface area contributed by atoms with Crippen LogP contribution in [0, 0.1) is 0 Å². The van der Waals surface area contributed by atoms with Crippen LogP contribution in [0.4, 0.5) is 0 Å². The van der Waals surface area contributed by atoms with E-state index in [4.69, 9.17) is 14.2 Å². The van der Waals surface area contributed by atoms with Gasteiger partial charge < -0.3 is 14.2 Å². The quantitative estimate of drug-likeness (QED) is 0.0261. The van der Waals surface area contributed by atoms with E-state index in [0.29, 0.717) is 19.3 Å². The van der Waals surface area contributed by atoms with Gasteiger partial charge in [0, 0.05) is 19.3 Å². The molecule has 74 heavy (non-hydrogen) atoms. The Balaban J connectivity index is 4.37. The third-order valence-corrected chi connectivity index (χ3v) is 13.0. The molecule has 422 valence electrons. The summed E-state index contributed by atoms with van der Waals surface area (Å²) in [6, 6.07) is 0. The molecule has 1 unspecified atom stereocenters. The summed E-state index contributed by atoms with van der Waals surface area (Å²) in [4.78, 5) is 38.2. The largest absolute Gasteiger partial charge is 0.462 e. The molecule has 0 aliphatic heterocycles. The molecule has 1 atom stereocenters. The number of esters is 3. The van der Waals surface area contributed by atoms with E-state index in [1.165, 1.54) is 116 Å².